The van der Waals surface area contributed by atoms with Crippen LogP contribution in [0.3, 0.4) is 0 Å². The third-order valence-electron chi connectivity index (χ3n) is 2.93. The van der Waals surface area contributed by atoms with Gasteiger partial charge in [0.05, 0.1) is 11.4 Å². The van der Waals surface area contributed by atoms with Crippen LogP contribution in [0.4, 0.5) is 5.69 Å². The first-order valence-electron chi connectivity index (χ1n) is 6.27. The monoisotopic (exact) mass is 293 g/mol. The number of aromatic nitrogens is 3. The molecule has 7 heteroatoms. The number of carbonyl (C=O) groups is 1. The topological polar surface area (TPSA) is 85.8 Å². The predicted octanol–water partition coefficient (Wildman–Crippen LogP) is 1.84. The van der Waals surface area contributed by atoms with Crippen LogP contribution in [0.5, 0.6) is 0 Å². The molecule has 1 atom stereocenters. The average molecular weight is 294 g/mol. The lowest BCUT2D eigenvalue weighted by atomic mass is 10.1. The maximum Gasteiger partial charge on any atom is 0.227 e. The van der Waals surface area contributed by atoms with Gasteiger partial charge in [0, 0.05) is 10.9 Å². The van der Waals surface area contributed by atoms with Crippen molar-refractivity contribution in [1.29, 1.82) is 0 Å². The van der Waals surface area contributed by atoms with Gasteiger partial charge in [-0.1, -0.05) is 18.5 Å². The molecule has 106 valence electrons. The molecule has 1 unspecified atom stereocenters. The average Bonchev–Trinajstić information content (AvgIpc) is 2.93. The molecule has 0 saturated carbocycles. The summed E-state index contributed by atoms with van der Waals surface area (Å²) in [4.78, 5) is 16.0. The zero-order valence-electron chi connectivity index (χ0n) is 11.1. The molecule has 0 aliphatic rings. The Hall–Kier alpha value is -1.92. The molecule has 1 aromatic heterocycles. The Labute approximate surface area is 121 Å². The number of rotatable bonds is 5. The van der Waals surface area contributed by atoms with E-state index in [0.29, 0.717) is 29.4 Å². The normalized spacial score (nSPS) is 12.2. The Balaban J connectivity index is 2.26. The molecule has 0 bridgehead atoms. The Morgan fingerprint density at radius 3 is 3.00 bits per heavy atom. The smallest absolute Gasteiger partial charge is 0.227 e. The molecule has 0 fully saturated rings. The first kappa shape index (κ1) is 14.5. The minimum atomic E-state index is -0.164. The second-order valence-corrected chi connectivity index (χ2v) is 4.91. The minimum absolute atomic E-state index is 0.0981. The van der Waals surface area contributed by atoms with Crippen molar-refractivity contribution in [3.63, 3.8) is 0 Å². The molecule has 0 radical (unpaired) electrons. The second kappa shape index (κ2) is 6.49. The van der Waals surface area contributed by atoms with Gasteiger partial charge in [0.15, 0.2) is 0 Å². The molecule has 1 amide bonds. The zero-order valence-corrected chi connectivity index (χ0v) is 11.8. The number of carbonyl (C=O) groups excluding carboxylic acids is 1. The van der Waals surface area contributed by atoms with E-state index in [0.717, 1.165) is 0 Å². The fourth-order valence-electron chi connectivity index (χ4n) is 1.78. The van der Waals surface area contributed by atoms with Crippen molar-refractivity contribution in [2.24, 2.45) is 11.7 Å². The van der Waals surface area contributed by atoms with E-state index < -0.39 is 0 Å². The molecule has 1 heterocycles. The van der Waals surface area contributed by atoms with Gasteiger partial charge in [0.1, 0.15) is 12.7 Å². The molecule has 0 aliphatic heterocycles. The van der Waals surface area contributed by atoms with Gasteiger partial charge in [0.2, 0.25) is 5.91 Å². The minimum Gasteiger partial charge on any atom is -0.330 e. The molecular formula is C13H16ClN5O. The lowest BCUT2D eigenvalue weighted by Crippen LogP contribution is -2.23. The van der Waals surface area contributed by atoms with Crippen LogP contribution < -0.4 is 11.1 Å². The number of anilines is 1. The SMILES string of the molecule is CC(CCN)C(=O)Nc1cc(Cl)ccc1-n1cncn1. The molecule has 2 aromatic rings. The second-order valence-electron chi connectivity index (χ2n) is 4.47. The molecule has 6 nitrogen and oxygen atoms in total. The number of hydrogen-bond acceptors (Lipinski definition) is 4. The van der Waals surface area contributed by atoms with E-state index in [1.165, 1.54) is 6.33 Å². The molecule has 3 N–H and O–H groups in total. The molecule has 0 saturated heterocycles. The summed E-state index contributed by atoms with van der Waals surface area (Å²) in [5.41, 5.74) is 6.77. The van der Waals surface area contributed by atoms with Gasteiger partial charge in [-0.05, 0) is 31.2 Å². The van der Waals surface area contributed by atoms with E-state index >= 15 is 0 Å². The van der Waals surface area contributed by atoms with Crippen LogP contribution in [0.25, 0.3) is 5.69 Å². The largest absolute Gasteiger partial charge is 0.330 e. The summed E-state index contributed by atoms with van der Waals surface area (Å²) in [5.74, 6) is -0.262. The van der Waals surface area contributed by atoms with Crippen molar-refractivity contribution < 1.29 is 4.79 Å². The molecule has 2 rings (SSSR count). The summed E-state index contributed by atoms with van der Waals surface area (Å²) < 4.78 is 1.57. The summed E-state index contributed by atoms with van der Waals surface area (Å²) in [7, 11) is 0. The highest BCUT2D eigenvalue weighted by Gasteiger charge is 2.15. The summed E-state index contributed by atoms with van der Waals surface area (Å²) >= 11 is 5.99. The van der Waals surface area contributed by atoms with E-state index in [4.69, 9.17) is 17.3 Å². The van der Waals surface area contributed by atoms with Gasteiger partial charge >= 0.3 is 0 Å². The first-order chi connectivity index (χ1) is 9.61. The quantitative estimate of drug-likeness (QED) is 0.881. The van der Waals surface area contributed by atoms with Gasteiger partial charge in [-0.3, -0.25) is 4.79 Å². The predicted molar refractivity (Wildman–Crippen MR) is 77.8 cm³/mol. The molecule has 0 aliphatic carbocycles. The van der Waals surface area contributed by atoms with Crippen LogP contribution >= 0.6 is 11.6 Å². The Kier molecular flexibility index (Phi) is 4.70. The lowest BCUT2D eigenvalue weighted by Gasteiger charge is -2.14. The molecular weight excluding hydrogens is 278 g/mol. The van der Waals surface area contributed by atoms with Gasteiger partial charge in [0.25, 0.3) is 0 Å². The molecule has 0 spiro atoms. The Morgan fingerprint density at radius 1 is 1.55 bits per heavy atom. The Morgan fingerprint density at radius 2 is 2.35 bits per heavy atom. The fourth-order valence-corrected chi connectivity index (χ4v) is 1.95. The van der Waals surface area contributed by atoms with Crippen LogP contribution in [0, 0.1) is 5.92 Å². The first-order valence-corrected chi connectivity index (χ1v) is 6.65. The van der Waals surface area contributed by atoms with Crippen molar-refractivity contribution in [3.8, 4) is 5.69 Å². The lowest BCUT2D eigenvalue weighted by molar-refractivity contribution is -0.119. The third-order valence-corrected chi connectivity index (χ3v) is 3.16. The van der Waals surface area contributed by atoms with E-state index in [1.807, 2.05) is 6.92 Å². The highest BCUT2D eigenvalue weighted by Crippen LogP contribution is 2.24. The van der Waals surface area contributed by atoms with Crippen LogP contribution in [-0.4, -0.2) is 27.2 Å². The van der Waals surface area contributed by atoms with E-state index in [9.17, 15) is 4.79 Å². The van der Waals surface area contributed by atoms with Crippen LogP contribution in [0.15, 0.2) is 30.9 Å². The number of nitrogens with one attached hydrogen (secondary N) is 1. The van der Waals surface area contributed by atoms with Gasteiger partial charge in [-0.15, -0.1) is 0 Å². The van der Waals surface area contributed by atoms with E-state index in [2.05, 4.69) is 15.4 Å². The molecule has 1 aromatic carbocycles. The highest BCUT2D eigenvalue weighted by molar-refractivity contribution is 6.31. The van der Waals surface area contributed by atoms with Crippen molar-refractivity contribution in [2.75, 3.05) is 11.9 Å². The van der Waals surface area contributed by atoms with Crippen LogP contribution in [-0.2, 0) is 4.79 Å². The zero-order chi connectivity index (χ0) is 14.5. The van der Waals surface area contributed by atoms with E-state index in [-0.39, 0.29) is 11.8 Å². The van der Waals surface area contributed by atoms with Crippen molar-refractivity contribution in [2.45, 2.75) is 13.3 Å². The van der Waals surface area contributed by atoms with Crippen LogP contribution in [0.1, 0.15) is 13.3 Å². The van der Waals surface area contributed by atoms with E-state index in [1.54, 1.807) is 29.2 Å². The number of benzene rings is 1. The van der Waals surface area contributed by atoms with Crippen molar-refractivity contribution in [3.05, 3.63) is 35.9 Å². The van der Waals surface area contributed by atoms with Gasteiger partial charge < -0.3 is 11.1 Å². The van der Waals surface area contributed by atoms with Crippen molar-refractivity contribution >= 4 is 23.2 Å². The number of hydrogen-bond donors (Lipinski definition) is 2. The number of nitrogens with two attached hydrogens (primary N) is 1. The Bertz CT molecular complexity index is 584. The van der Waals surface area contributed by atoms with Crippen LogP contribution in [0.2, 0.25) is 5.02 Å². The number of nitrogens with zero attached hydrogens (tertiary/aromatic N) is 3. The fraction of sp³-hybridized carbons (Fsp3) is 0.308. The number of halogens is 1. The van der Waals surface area contributed by atoms with Gasteiger partial charge in [-0.25, -0.2) is 9.67 Å². The summed E-state index contributed by atoms with van der Waals surface area (Å²) in [6.45, 7) is 2.31. The maximum absolute atomic E-state index is 12.1. The third kappa shape index (κ3) is 3.34. The maximum atomic E-state index is 12.1. The summed E-state index contributed by atoms with van der Waals surface area (Å²) in [6, 6.07) is 5.20. The van der Waals surface area contributed by atoms with Crippen molar-refractivity contribution in [1.82, 2.24) is 14.8 Å². The summed E-state index contributed by atoms with van der Waals surface area (Å²) in [6.07, 6.45) is 3.62. The number of amides is 1. The van der Waals surface area contributed by atoms with Gasteiger partial charge in [-0.2, -0.15) is 5.10 Å². The molecule has 20 heavy (non-hydrogen) atoms. The summed E-state index contributed by atoms with van der Waals surface area (Å²) in [5, 5.41) is 7.45. The standard InChI is InChI=1S/C13H16ClN5O/c1-9(4-5-15)13(20)18-11-6-10(14)2-3-12(11)19-8-16-7-17-19/h2-3,6-9H,4-5,15H2,1H3,(H,18,20). The highest BCUT2D eigenvalue weighted by atomic mass is 35.5.